The molecule has 1 aromatic rings. The highest BCUT2D eigenvalue weighted by Crippen LogP contribution is 2.06. The quantitative estimate of drug-likeness (QED) is 0.610. The Morgan fingerprint density at radius 2 is 2.62 bits per heavy atom. The van der Waals surface area contributed by atoms with Gasteiger partial charge in [-0.1, -0.05) is 0 Å². The van der Waals surface area contributed by atoms with Gasteiger partial charge >= 0.3 is 0 Å². The molecular weight excluding hydrogens is 120 g/mol. The number of aromatic nitrogens is 1. The summed E-state index contributed by atoms with van der Waals surface area (Å²) in [5.74, 6) is 0. The van der Waals surface area contributed by atoms with Crippen LogP contribution in [-0.2, 0) is 6.54 Å². The van der Waals surface area contributed by atoms with Crippen LogP contribution in [-0.4, -0.2) is 4.37 Å². The molecule has 2 N–H and O–H groups in total. The van der Waals surface area contributed by atoms with Crippen molar-refractivity contribution in [1.29, 1.82) is 0 Å². The van der Waals surface area contributed by atoms with Crippen molar-refractivity contribution < 1.29 is 0 Å². The van der Waals surface area contributed by atoms with Crippen LogP contribution >= 0.6 is 11.5 Å². The van der Waals surface area contributed by atoms with Gasteiger partial charge in [0.05, 0.1) is 5.69 Å². The molecule has 0 bridgehead atoms. The Morgan fingerprint density at radius 3 is 2.88 bits per heavy atom. The first-order valence-electron chi connectivity index (χ1n) is 2.45. The largest absolute Gasteiger partial charge is 0.326 e. The van der Waals surface area contributed by atoms with Crippen LogP contribution in [0, 0.1) is 6.92 Å². The highest BCUT2D eigenvalue weighted by Gasteiger charge is 1.91. The molecular formula is C5H8N2S. The summed E-state index contributed by atoms with van der Waals surface area (Å²) in [5, 5.41) is 0. The lowest BCUT2D eigenvalue weighted by Crippen LogP contribution is -1.91. The summed E-state index contributed by atoms with van der Waals surface area (Å²) < 4.78 is 4.05. The van der Waals surface area contributed by atoms with Gasteiger partial charge < -0.3 is 5.73 Å². The number of aryl methyl sites for hydroxylation is 1. The maximum Gasteiger partial charge on any atom is 0.0514 e. The van der Waals surface area contributed by atoms with E-state index >= 15 is 0 Å². The Kier molecular flexibility index (Phi) is 1.60. The molecule has 0 saturated heterocycles. The van der Waals surface area contributed by atoms with E-state index in [9.17, 15) is 0 Å². The minimum absolute atomic E-state index is 0.617. The van der Waals surface area contributed by atoms with Gasteiger partial charge in [0.2, 0.25) is 0 Å². The Morgan fingerprint density at radius 1 is 1.88 bits per heavy atom. The minimum Gasteiger partial charge on any atom is -0.326 e. The zero-order chi connectivity index (χ0) is 5.98. The van der Waals surface area contributed by atoms with Crippen LogP contribution in [0.5, 0.6) is 0 Å². The third kappa shape index (κ3) is 1.05. The Bertz CT molecular complexity index is 171. The van der Waals surface area contributed by atoms with Crippen molar-refractivity contribution >= 4 is 11.5 Å². The van der Waals surface area contributed by atoms with Crippen LogP contribution in [0.3, 0.4) is 0 Å². The zero-order valence-corrected chi connectivity index (χ0v) is 5.53. The standard InChI is InChI=1S/C5H8N2S/c1-4-2-5(3-6)8-7-4/h2H,3,6H2,1H3. The molecule has 0 aliphatic heterocycles. The first-order valence-corrected chi connectivity index (χ1v) is 3.22. The van der Waals surface area contributed by atoms with E-state index in [2.05, 4.69) is 4.37 Å². The Labute approximate surface area is 52.5 Å². The smallest absolute Gasteiger partial charge is 0.0514 e. The molecule has 0 amide bonds. The molecule has 0 atom stereocenters. The zero-order valence-electron chi connectivity index (χ0n) is 4.72. The van der Waals surface area contributed by atoms with Crippen LogP contribution in [0.15, 0.2) is 6.07 Å². The maximum absolute atomic E-state index is 5.33. The van der Waals surface area contributed by atoms with Gasteiger partial charge in [-0.15, -0.1) is 0 Å². The second-order valence-corrected chi connectivity index (χ2v) is 2.53. The first kappa shape index (κ1) is 5.72. The molecule has 1 heterocycles. The predicted octanol–water partition coefficient (Wildman–Crippen LogP) is 0.910. The second-order valence-electron chi connectivity index (χ2n) is 1.64. The fourth-order valence-electron chi connectivity index (χ4n) is 0.513. The van der Waals surface area contributed by atoms with Crippen molar-refractivity contribution in [1.82, 2.24) is 4.37 Å². The van der Waals surface area contributed by atoms with Gasteiger partial charge in [0.15, 0.2) is 0 Å². The van der Waals surface area contributed by atoms with Crippen molar-refractivity contribution in [3.8, 4) is 0 Å². The molecule has 0 saturated carbocycles. The van der Waals surface area contributed by atoms with Crippen molar-refractivity contribution in [3.63, 3.8) is 0 Å². The van der Waals surface area contributed by atoms with E-state index in [1.54, 1.807) is 0 Å². The van der Waals surface area contributed by atoms with E-state index in [1.807, 2.05) is 13.0 Å². The third-order valence-electron chi connectivity index (χ3n) is 0.878. The number of hydrogen-bond acceptors (Lipinski definition) is 3. The summed E-state index contributed by atoms with van der Waals surface area (Å²) in [6, 6.07) is 2.00. The average Bonchev–Trinajstić information content (AvgIpc) is 2.14. The first-order chi connectivity index (χ1) is 3.83. The predicted molar refractivity (Wildman–Crippen MR) is 34.7 cm³/mol. The highest BCUT2D eigenvalue weighted by atomic mass is 32.1. The van der Waals surface area contributed by atoms with Crippen molar-refractivity contribution in [3.05, 3.63) is 16.6 Å². The molecule has 0 spiro atoms. The summed E-state index contributed by atoms with van der Waals surface area (Å²) in [4.78, 5) is 1.16. The number of nitrogens with two attached hydrogens (primary N) is 1. The lowest BCUT2D eigenvalue weighted by molar-refractivity contribution is 1.10. The molecule has 44 valence electrons. The Hall–Kier alpha value is -0.410. The van der Waals surface area contributed by atoms with E-state index in [1.165, 1.54) is 11.5 Å². The monoisotopic (exact) mass is 128 g/mol. The van der Waals surface area contributed by atoms with Gasteiger partial charge in [-0.2, -0.15) is 4.37 Å². The SMILES string of the molecule is Cc1cc(CN)sn1. The molecule has 2 nitrogen and oxygen atoms in total. The summed E-state index contributed by atoms with van der Waals surface area (Å²) >= 11 is 1.47. The van der Waals surface area contributed by atoms with Gasteiger partial charge in [-0.3, -0.25) is 0 Å². The van der Waals surface area contributed by atoms with Crippen molar-refractivity contribution in [2.45, 2.75) is 13.5 Å². The van der Waals surface area contributed by atoms with E-state index < -0.39 is 0 Å². The van der Waals surface area contributed by atoms with E-state index in [4.69, 9.17) is 5.73 Å². The van der Waals surface area contributed by atoms with Gasteiger partial charge in [-0.05, 0) is 24.5 Å². The molecule has 0 aliphatic rings. The lowest BCUT2D eigenvalue weighted by Gasteiger charge is -1.78. The van der Waals surface area contributed by atoms with Crippen molar-refractivity contribution in [2.75, 3.05) is 0 Å². The molecule has 8 heavy (non-hydrogen) atoms. The summed E-state index contributed by atoms with van der Waals surface area (Å²) in [5.41, 5.74) is 6.40. The molecule has 0 aromatic carbocycles. The summed E-state index contributed by atoms with van der Waals surface area (Å²) in [6.07, 6.45) is 0. The van der Waals surface area contributed by atoms with Crippen LogP contribution in [0.25, 0.3) is 0 Å². The summed E-state index contributed by atoms with van der Waals surface area (Å²) in [7, 11) is 0. The number of rotatable bonds is 1. The fourth-order valence-corrected chi connectivity index (χ4v) is 1.12. The van der Waals surface area contributed by atoms with Crippen LogP contribution in [0.4, 0.5) is 0 Å². The van der Waals surface area contributed by atoms with Crippen LogP contribution in [0.2, 0.25) is 0 Å². The Balaban J connectivity index is 2.84. The summed E-state index contributed by atoms with van der Waals surface area (Å²) in [6.45, 7) is 2.58. The van der Waals surface area contributed by atoms with Crippen molar-refractivity contribution in [2.24, 2.45) is 5.73 Å². The lowest BCUT2D eigenvalue weighted by atomic mass is 10.4. The van der Waals surface area contributed by atoms with E-state index in [-0.39, 0.29) is 0 Å². The van der Waals surface area contributed by atoms with Crippen LogP contribution in [0.1, 0.15) is 10.6 Å². The highest BCUT2D eigenvalue weighted by molar-refractivity contribution is 7.05. The second kappa shape index (κ2) is 2.24. The average molecular weight is 128 g/mol. The van der Waals surface area contributed by atoms with Gasteiger partial charge in [0, 0.05) is 11.4 Å². The number of nitrogens with zero attached hydrogens (tertiary/aromatic N) is 1. The van der Waals surface area contributed by atoms with Gasteiger partial charge in [0.25, 0.3) is 0 Å². The van der Waals surface area contributed by atoms with E-state index in [0.717, 1.165) is 10.6 Å². The molecule has 1 rings (SSSR count). The third-order valence-corrected chi connectivity index (χ3v) is 1.78. The molecule has 0 radical (unpaired) electrons. The maximum atomic E-state index is 5.33. The molecule has 0 aliphatic carbocycles. The van der Waals surface area contributed by atoms with Gasteiger partial charge in [-0.25, -0.2) is 0 Å². The topological polar surface area (TPSA) is 38.9 Å². The molecule has 0 fully saturated rings. The normalized spacial score (nSPS) is 9.75. The fraction of sp³-hybridized carbons (Fsp3) is 0.400. The molecule has 1 aromatic heterocycles. The molecule has 0 unspecified atom stereocenters. The minimum atomic E-state index is 0.617. The van der Waals surface area contributed by atoms with E-state index in [0.29, 0.717) is 6.54 Å². The number of hydrogen-bond donors (Lipinski definition) is 1. The van der Waals surface area contributed by atoms with Crippen LogP contribution < -0.4 is 5.73 Å². The van der Waals surface area contributed by atoms with Gasteiger partial charge in [0.1, 0.15) is 0 Å². The molecule has 3 heteroatoms.